The first-order valence-corrected chi connectivity index (χ1v) is 8.51. The number of carbonyl (C=O) groups excluding carboxylic acids is 2. The topological polar surface area (TPSA) is 111 Å². The Bertz CT molecular complexity index is 805. The molecule has 0 unspecified atom stereocenters. The molecule has 0 spiro atoms. The highest BCUT2D eigenvalue weighted by Gasteiger charge is 2.14. The average molecular weight is 371 g/mol. The van der Waals surface area contributed by atoms with Crippen molar-refractivity contribution in [1.29, 1.82) is 0 Å². The number of amides is 2. The minimum atomic E-state index is -0.561. The Kier molecular flexibility index (Phi) is 7.30. The number of ether oxygens (including phenoxy) is 1. The zero-order valence-electron chi connectivity index (χ0n) is 14.9. The molecule has 0 heterocycles. The second-order valence-corrected chi connectivity index (χ2v) is 5.79. The van der Waals surface area contributed by atoms with Crippen LogP contribution >= 0.6 is 0 Å². The van der Waals surface area contributed by atoms with Gasteiger partial charge in [0.2, 0.25) is 5.91 Å². The van der Waals surface area contributed by atoms with Crippen LogP contribution in [0.15, 0.2) is 48.5 Å². The van der Waals surface area contributed by atoms with Gasteiger partial charge in [-0.1, -0.05) is 31.2 Å². The molecule has 2 aromatic rings. The SMILES string of the molecule is CCCC(=O)Nc1ccc(CNC(=O)COc2ccccc2[N+](=O)[O-])cc1. The predicted molar refractivity (Wildman–Crippen MR) is 100 cm³/mol. The minimum Gasteiger partial charge on any atom is -0.477 e. The third-order valence-electron chi connectivity index (χ3n) is 3.63. The van der Waals surface area contributed by atoms with Crippen LogP contribution in [-0.4, -0.2) is 23.3 Å². The van der Waals surface area contributed by atoms with Crippen LogP contribution in [0.1, 0.15) is 25.3 Å². The normalized spacial score (nSPS) is 10.1. The third-order valence-corrected chi connectivity index (χ3v) is 3.63. The van der Waals surface area contributed by atoms with Crippen LogP contribution in [0.2, 0.25) is 0 Å². The van der Waals surface area contributed by atoms with E-state index >= 15 is 0 Å². The Morgan fingerprint density at radius 2 is 1.78 bits per heavy atom. The summed E-state index contributed by atoms with van der Waals surface area (Å²) < 4.78 is 5.23. The quantitative estimate of drug-likeness (QED) is 0.520. The third kappa shape index (κ3) is 6.43. The highest BCUT2D eigenvalue weighted by Crippen LogP contribution is 2.25. The smallest absolute Gasteiger partial charge is 0.310 e. The maximum absolute atomic E-state index is 11.9. The Hall–Kier alpha value is -3.42. The summed E-state index contributed by atoms with van der Waals surface area (Å²) in [5.41, 5.74) is 1.36. The van der Waals surface area contributed by atoms with Crippen molar-refractivity contribution in [2.45, 2.75) is 26.3 Å². The van der Waals surface area contributed by atoms with E-state index in [2.05, 4.69) is 10.6 Å². The Morgan fingerprint density at radius 1 is 1.07 bits per heavy atom. The van der Waals surface area contributed by atoms with Crippen molar-refractivity contribution in [3.8, 4) is 5.75 Å². The lowest BCUT2D eigenvalue weighted by atomic mass is 10.2. The zero-order valence-corrected chi connectivity index (χ0v) is 14.9. The number of nitrogens with one attached hydrogen (secondary N) is 2. The van der Waals surface area contributed by atoms with Gasteiger partial charge in [0.05, 0.1) is 4.92 Å². The number of hydrogen-bond acceptors (Lipinski definition) is 5. The summed E-state index contributed by atoms with van der Waals surface area (Å²) in [6, 6.07) is 13.0. The number of para-hydroxylation sites is 2. The van der Waals surface area contributed by atoms with Gasteiger partial charge in [-0.3, -0.25) is 19.7 Å². The van der Waals surface area contributed by atoms with Crippen LogP contribution in [0.25, 0.3) is 0 Å². The lowest BCUT2D eigenvalue weighted by Gasteiger charge is -2.09. The number of hydrogen-bond donors (Lipinski definition) is 2. The van der Waals surface area contributed by atoms with Gasteiger partial charge in [0.25, 0.3) is 5.91 Å². The molecule has 0 aliphatic rings. The lowest BCUT2D eigenvalue weighted by Crippen LogP contribution is -2.28. The molecule has 8 nitrogen and oxygen atoms in total. The monoisotopic (exact) mass is 371 g/mol. The standard InChI is InChI=1S/C19H21N3O5/c1-2-5-18(23)21-15-10-8-14(9-11-15)12-20-19(24)13-27-17-7-4-3-6-16(17)22(25)26/h3-4,6-11H,2,5,12-13H2,1H3,(H,20,24)(H,21,23). The fraction of sp³-hybridized carbons (Fsp3) is 0.263. The van der Waals surface area contributed by atoms with Gasteiger partial charge >= 0.3 is 5.69 Å². The molecule has 2 amide bonds. The largest absolute Gasteiger partial charge is 0.477 e. The number of nitrogens with zero attached hydrogens (tertiary/aromatic N) is 1. The van der Waals surface area contributed by atoms with Crippen LogP contribution in [0.4, 0.5) is 11.4 Å². The van der Waals surface area contributed by atoms with Gasteiger partial charge in [-0.2, -0.15) is 0 Å². The fourth-order valence-corrected chi connectivity index (χ4v) is 2.28. The second-order valence-electron chi connectivity index (χ2n) is 5.79. The molecule has 0 radical (unpaired) electrons. The highest BCUT2D eigenvalue weighted by molar-refractivity contribution is 5.90. The molecule has 2 N–H and O–H groups in total. The number of benzene rings is 2. The van der Waals surface area contributed by atoms with E-state index in [1.54, 1.807) is 30.3 Å². The summed E-state index contributed by atoms with van der Waals surface area (Å²) in [5.74, 6) is -0.385. The minimum absolute atomic E-state index is 0.0364. The molecule has 0 saturated carbocycles. The number of nitro benzene ring substituents is 1. The Balaban J connectivity index is 1.80. The van der Waals surface area contributed by atoms with E-state index in [-0.39, 0.29) is 30.5 Å². The van der Waals surface area contributed by atoms with E-state index in [0.717, 1.165) is 12.0 Å². The van der Waals surface area contributed by atoms with Crippen molar-refractivity contribution in [3.05, 3.63) is 64.2 Å². The van der Waals surface area contributed by atoms with E-state index in [4.69, 9.17) is 4.74 Å². The average Bonchev–Trinajstić information content (AvgIpc) is 2.66. The second kappa shape index (κ2) is 9.91. The van der Waals surface area contributed by atoms with Crippen molar-refractivity contribution >= 4 is 23.2 Å². The molecule has 142 valence electrons. The summed E-state index contributed by atoms with van der Waals surface area (Å²) in [7, 11) is 0. The summed E-state index contributed by atoms with van der Waals surface area (Å²) in [4.78, 5) is 33.8. The van der Waals surface area contributed by atoms with Gasteiger partial charge in [-0.05, 0) is 30.2 Å². The highest BCUT2D eigenvalue weighted by atomic mass is 16.6. The fourth-order valence-electron chi connectivity index (χ4n) is 2.28. The van der Waals surface area contributed by atoms with Crippen molar-refractivity contribution in [2.75, 3.05) is 11.9 Å². The van der Waals surface area contributed by atoms with Crippen LogP contribution in [-0.2, 0) is 16.1 Å². The van der Waals surface area contributed by atoms with Gasteiger partial charge < -0.3 is 15.4 Å². The molecule has 2 aromatic carbocycles. The molecule has 8 heteroatoms. The number of carbonyl (C=O) groups is 2. The number of anilines is 1. The van der Waals surface area contributed by atoms with Crippen molar-refractivity contribution < 1.29 is 19.2 Å². The molecule has 2 rings (SSSR count). The molecule has 0 bridgehead atoms. The van der Waals surface area contributed by atoms with Crippen LogP contribution in [0.5, 0.6) is 5.75 Å². The first-order valence-electron chi connectivity index (χ1n) is 8.51. The number of nitro groups is 1. The summed E-state index contributed by atoms with van der Waals surface area (Å²) in [6.07, 6.45) is 1.25. The summed E-state index contributed by atoms with van der Waals surface area (Å²) in [6.45, 7) is 1.89. The molecular formula is C19H21N3O5. The van der Waals surface area contributed by atoms with Gasteiger partial charge in [-0.25, -0.2) is 0 Å². The van der Waals surface area contributed by atoms with Gasteiger partial charge in [0.1, 0.15) is 0 Å². The molecule has 0 aliphatic carbocycles. The van der Waals surface area contributed by atoms with E-state index < -0.39 is 10.8 Å². The molecule has 0 saturated heterocycles. The molecule has 0 fully saturated rings. The zero-order chi connectivity index (χ0) is 19.6. The van der Waals surface area contributed by atoms with E-state index in [0.29, 0.717) is 12.1 Å². The molecule has 27 heavy (non-hydrogen) atoms. The molecule has 0 aromatic heterocycles. The van der Waals surface area contributed by atoms with Gasteiger partial charge in [0.15, 0.2) is 12.4 Å². The maximum Gasteiger partial charge on any atom is 0.310 e. The number of rotatable bonds is 9. The Labute approximate surface area is 156 Å². The van der Waals surface area contributed by atoms with Crippen LogP contribution < -0.4 is 15.4 Å². The first kappa shape index (κ1) is 19.9. The van der Waals surface area contributed by atoms with Crippen LogP contribution in [0.3, 0.4) is 0 Å². The first-order chi connectivity index (χ1) is 13.0. The summed E-state index contributed by atoms with van der Waals surface area (Å²) >= 11 is 0. The summed E-state index contributed by atoms with van der Waals surface area (Å²) in [5, 5.41) is 16.4. The van der Waals surface area contributed by atoms with Crippen molar-refractivity contribution in [1.82, 2.24) is 5.32 Å². The molecular weight excluding hydrogens is 350 g/mol. The van der Waals surface area contributed by atoms with Gasteiger partial charge in [-0.15, -0.1) is 0 Å². The van der Waals surface area contributed by atoms with Crippen LogP contribution in [0, 0.1) is 10.1 Å². The maximum atomic E-state index is 11.9. The van der Waals surface area contributed by atoms with E-state index in [1.807, 2.05) is 6.92 Å². The molecule has 0 aliphatic heterocycles. The van der Waals surface area contributed by atoms with E-state index in [1.165, 1.54) is 18.2 Å². The lowest BCUT2D eigenvalue weighted by molar-refractivity contribution is -0.385. The van der Waals surface area contributed by atoms with Gasteiger partial charge in [0, 0.05) is 24.7 Å². The van der Waals surface area contributed by atoms with Crippen molar-refractivity contribution in [3.63, 3.8) is 0 Å². The molecule has 0 atom stereocenters. The van der Waals surface area contributed by atoms with E-state index in [9.17, 15) is 19.7 Å². The Morgan fingerprint density at radius 3 is 2.44 bits per heavy atom. The predicted octanol–water partition coefficient (Wildman–Crippen LogP) is 3.03. The van der Waals surface area contributed by atoms with Crippen molar-refractivity contribution in [2.24, 2.45) is 0 Å².